The first kappa shape index (κ1) is 15.9. The number of aliphatic hydroxyl groups is 1. The number of hydrogen-bond acceptors (Lipinski definition) is 3. The Bertz CT molecular complexity index is 466. The molecule has 0 aliphatic rings. The Kier molecular flexibility index (Phi) is 5.26. The Morgan fingerprint density at radius 3 is 2.32 bits per heavy atom. The van der Waals surface area contributed by atoms with Crippen LogP contribution in [0.4, 0.5) is 0 Å². The molecule has 0 spiro atoms. The third-order valence-corrected chi connectivity index (χ3v) is 4.24. The van der Waals surface area contributed by atoms with E-state index in [0.29, 0.717) is 10.5 Å². The van der Waals surface area contributed by atoms with Gasteiger partial charge in [0.15, 0.2) is 0 Å². The quantitative estimate of drug-likeness (QED) is 0.862. The average Bonchev–Trinajstić information content (AvgIpc) is 2.36. The molecule has 19 heavy (non-hydrogen) atoms. The van der Waals surface area contributed by atoms with E-state index >= 15 is 0 Å². The summed E-state index contributed by atoms with van der Waals surface area (Å²) in [7, 11) is -1.05. The zero-order valence-corrected chi connectivity index (χ0v) is 12.6. The Morgan fingerprint density at radius 2 is 1.89 bits per heavy atom. The van der Waals surface area contributed by atoms with Crippen LogP contribution in [-0.4, -0.2) is 33.6 Å². The molecule has 0 bridgehead atoms. The molecule has 0 aliphatic heterocycles. The van der Waals surface area contributed by atoms with Gasteiger partial charge in [-0.3, -0.25) is 9.00 Å². The third kappa shape index (κ3) is 4.44. The highest BCUT2D eigenvalue weighted by Crippen LogP contribution is 2.15. The zero-order chi connectivity index (χ0) is 14.6. The van der Waals surface area contributed by atoms with E-state index in [1.165, 1.54) is 0 Å². The van der Waals surface area contributed by atoms with Crippen LogP contribution in [0.5, 0.6) is 0 Å². The molecule has 106 valence electrons. The van der Waals surface area contributed by atoms with Crippen molar-refractivity contribution in [3.8, 4) is 0 Å². The van der Waals surface area contributed by atoms with Gasteiger partial charge in [-0.1, -0.05) is 13.8 Å². The Labute approximate surface area is 116 Å². The number of benzene rings is 1. The summed E-state index contributed by atoms with van der Waals surface area (Å²) < 4.78 is 11.2. The van der Waals surface area contributed by atoms with Crippen LogP contribution < -0.4 is 5.32 Å². The molecule has 0 saturated carbocycles. The van der Waals surface area contributed by atoms with Crippen molar-refractivity contribution in [3.05, 3.63) is 29.8 Å². The van der Waals surface area contributed by atoms with Gasteiger partial charge < -0.3 is 10.4 Å². The lowest BCUT2D eigenvalue weighted by Crippen LogP contribution is -2.44. The standard InChI is InChI=1S/C14H21NO3S/c1-10(2)14(3,17)9-15-13(16)11-5-7-12(8-6-11)19(4)18/h5-8,10,17H,9H2,1-4H3,(H,15,16). The van der Waals surface area contributed by atoms with Crippen molar-refractivity contribution < 1.29 is 14.1 Å². The van der Waals surface area contributed by atoms with Crippen molar-refractivity contribution in [2.45, 2.75) is 31.3 Å². The highest BCUT2D eigenvalue weighted by Gasteiger charge is 2.25. The molecule has 0 aliphatic carbocycles. The Morgan fingerprint density at radius 1 is 1.37 bits per heavy atom. The summed E-state index contributed by atoms with van der Waals surface area (Å²) in [6, 6.07) is 6.61. The second-order valence-electron chi connectivity index (χ2n) is 5.17. The molecular formula is C14H21NO3S. The van der Waals surface area contributed by atoms with Gasteiger partial charge in [0.25, 0.3) is 5.91 Å². The second kappa shape index (κ2) is 6.30. The molecule has 0 saturated heterocycles. The highest BCUT2D eigenvalue weighted by atomic mass is 32.2. The minimum atomic E-state index is -1.05. The molecular weight excluding hydrogens is 262 g/mol. The van der Waals surface area contributed by atoms with Crippen LogP contribution in [0.1, 0.15) is 31.1 Å². The first-order chi connectivity index (χ1) is 8.74. The maximum atomic E-state index is 11.9. The van der Waals surface area contributed by atoms with Crippen molar-refractivity contribution in [1.82, 2.24) is 5.32 Å². The predicted molar refractivity (Wildman–Crippen MR) is 76.6 cm³/mol. The van der Waals surface area contributed by atoms with Crippen molar-refractivity contribution in [1.29, 1.82) is 0 Å². The van der Waals surface area contributed by atoms with Gasteiger partial charge in [-0.2, -0.15) is 0 Å². The Hall–Kier alpha value is -1.20. The lowest BCUT2D eigenvalue weighted by Gasteiger charge is -2.27. The van der Waals surface area contributed by atoms with Gasteiger partial charge in [0, 0.05) is 34.1 Å². The Balaban J connectivity index is 2.66. The molecule has 2 unspecified atom stereocenters. The SMILES string of the molecule is CC(C)C(C)(O)CNC(=O)c1ccc(S(C)=O)cc1. The van der Waals surface area contributed by atoms with E-state index in [1.807, 2.05) is 13.8 Å². The lowest BCUT2D eigenvalue weighted by atomic mass is 9.92. The van der Waals surface area contributed by atoms with E-state index in [0.717, 1.165) is 0 Å². The zero-order valence-electron chi connectivity index (χ0n) is 11.8. The summed E-state index contributed by atoms with van der Waals surface area (Å²) in [5.74, 6) is -0.188. The summed E-state index contributed by atoms with van der Waals surface area (Å²) in [5, 5.41) is 12.8. The summed E-state index contributed by atoms with van der Waals surface area (Å²) in [6.45, 7) is 5.70. The van der Waals surface area contributed by atoms with Gasteiger partial charge in [0.2, 0.25) is 0 Å². The fraction of sp³-hybridized carbons (Fsp3) is 0.500. The number of carbonyl (C=O) groups excluding carboxylic acids is 1. The van der Waals surface area contributed by atoms with Crippen molar-refractivity contribution in [2.24, 2.45) is 5.92 Å². The van der Waals surface area contributed by atoms with E-state index < -0.39 is 16.4 Å². The largest absolute Gasteiger partial charge is 0.388 e. The van der Waals surface area contributed by atoms with Gasteiger partial charge in [0.05, 0.1) is 5.60 Å². The molecule has 0 fully saturated rings. The second-order valence-corrected chi connectivity index (χ2v) is 6.55. The van der Waals surface area contributed by atoms with E-state index in [-0.39, 0.29) is 18.4 Å². The number of amides is 1. The first-order valence-electron chi connectivity index (χ1n) is 6.18. The minimum absolute atomic E-state index is 0.0534. The highest BCUT2D eigenvalue weighted by molar-refractivity contribution is 7.84. The molecule has 4 nitrogen and oxygen atoms in total. The maximum Gasteiger partial charge on any atom is 0.251 e. The number of rotatable bonds is 5. The van der Waals surface area contributed by atoms with Crippen LogP contribution in [0.15, 0.2) is 29.2 Å². The van der Waals surface area contributed by atoms with E-state index in [2.05, 4.69) is 5.32 Å². The molecule has 1 amide bonds. The van der Waals surface area contributed by atoms with Crippen LogP contribution in [0.25, 0.3) is 0 Å². The first-order valence-corrected chi connectivity index (χ1v) is 7.74. The van der Waals surface area contributed by atoms with E-state index in [4.69, 9.17) is 0 Å². The molecule has 1 aromatic carbocycles. The topological polar surface area (TPSA) is 66.4 Å². The van der Waals surface area contributed by atoms with Gasteiger partial charge in [0.1, 0.15) is 0 Å². The number of hydrogen-bond donors (Lipinski definition) is 2. The molecule has 0 radical (unpaired) electrons. The average molecular weight is 283 g/mol. The van der Waals surface area contributed by atoms with Gasteiger partial charge >= 0.3 is 0 Å². The smallest absolute Gasteiger partial charge is 0.251 e. The molecule has 1 aromatic rings. The molecule has 1 rings (SSSR count). The molecule has 2 atom stereocenters. The maximum absolute atomic E-state index is 11.9. The lowest BCUT2D eigenvalue weighted by molar-refractivity contribution is 0.0142. The molecule has 5 heteroatoms. The number of carbonyl (C=O) groups is 1. The van der Waals surface area contributed by atoms with Crippen molar-refractivity contribution in [3.63, 3.8) is 0 Å². The van der Waals surface area contributed by atoms with Gasteiger partial charge in [-0.15, -0.1) is 0 Å². The number of nitrogens with one attached hydrogen (secondary N) is 1. The third-order valence-electron chi connectivity index (χ3n) is 3.30. The summed E-state index contributed by atoms with van der Waals surface area (Å²) in [6.07, 6.45) is 1.59. The van der Waals surface area contributed by atoms with Crippen LogP contribution in [0.3, 0.4) is 0 Å². The molecule has 2 N–H and O–H groups in total. The molecule has 0 heterocycles. The normalized spacial score (nSPS) is 15.9. The summed E-state index contributed by atoms with van der Waals surface area (Å²) in [4.78, 5) is 12.6. The van der Waals surface area contributed by atoms with Crippen LogP contribution in [0, 0.1) is 5.92 Å². The molecule has 0 aromatic heterocycles. The van der Waals surface area contributed by atoms with Gasteiger partial charge in [-0.25, -0.2) is 0 Å². The van der Waals surface area contributed by atoms with Crippen molar-refractivity contribution in [2.75, 3.05) is 12.8 Å². The van der Waals surface area contributed by atoms with E-state index in [9.17, 15) is 14.1 Å². The predicted octanol–water partition coefficient (Wildman–Crippen LogP) is 1.56. The van der Waals surface area contributed by atoms with Crippen LogP contribution >= 0.6 is 0 Å². The summed E-state index contributed by atoms with van der Waals surface area (Å²) >= 11 is 0. The van der Waals surface area contributed by atoms with Crippen LogP contribution in [0.2, 0.25) is 0 Å². The van der Waals surface area contributed by atoms with Gasteiger partial charge in [-0.05, 0) is 37.1 Å². The van der Waals surface area contributed by atoms with Crippen molar-refractivity contribution >= 4 is 16.7 Å². The minimum Gasteiger partial charge on any atom is -0.388 e. The monoisotopic (exact) mass is 283 g/mol. The van der Waals surface area contributed by atoms with E-state index in [1.54, 1.807) is 37.4 Å². The van der Waals surface area contributed by atoms with Crippen LogP contribution in [-0.2, 0) is 10.8 Å². The fourth-order valence-electron chi connectivity index (χ4n) is 1.36. The fourth-order valence-corrected chi connectivity index (χ4v) is 1.88. The summed E-state index contributed by atoms with van der Waals surface area (Å²) in [5.41, 5.74) is -0.436.